The number of hydrogen-bond acceptors (Lipinski definition) is 5. The predicted molar refractivity (Wildman–Crippen MR) is 79.0 cm³/mol. The summed E-state index contributed by atoms with van der Waals surface area (Å²) >= 11 is 0. The molecule has 0 aromatic heterocycles. The Hall–Kier alpha value is -1.46. The minimum atomic E-state index is 0.185. The van der Waals surface area contributed by atoms with Gasteiger partial charge in [-0.2, -0.15) is 0 Å². The Morgan fingerprint density at radius 3 is 2.52 bits per heavy atom. The zero-order valence-electron chi connectivity index (χ0n) is 12.7. The molecule has 1 N–H and O–H groups in total. The van der Waals surface area contributed by atoms with E-state index in [1.54, 1.807) is 14.2 Å². The molecule has 0 unspecified atom stereocenters. The molecule has 0 saturated carbocycles. The van der Waals surface area contributed by atoms with Crippen molar-refractivity contribution in [1.29, 1.82) is 0 Å². The first-order valence-corrected chi connectivity index (χ1v) is 7.40. The van der Waals surface area contributed by atoms with Crippen LogP contribution in [0.15, 0.2) is 12.1 Å². The van der Waals surface area contributed by atoms with Gasteiger partial charge in [-0.05, 0) is 18.9 Å². The highest BCUT2D eigenvalue weighted by atomic mass is 16.5. The molecule has 0 aliphatic carbocycles. The van der Waals surface area contributed by atoms with E-state index in [0.717, 1.165) is 51.3 Å². The summed E-state index contributed by atoms with van der Waals surface area (Å²) in [5.41, 5.74) is 1.33. The molecule has 2 heterocycles. The summed E-state index contributed by atoms with van der Waals surface area (Å²) < 4.78 is 15.9. The van der Waals surface area contributed by atoms with E-state index in [0.29, 0.717) is 16.9 Å². The van der Waals surface area contributed by atoms with Crippen LogP contribution in [0.3, 0.4) is 0 Å². The van der Waals surface area contributed by atoms with Crippen LogP contribution in [0.5, 0.6) is 17.2 Å². The van der Waals surface area contributed by atoms with Gasteiger partial charge in [-0.3, -0.25) is 4.90 Å². The molecule has 0 amide bonds. The van der Waals surface area contributed by atoms with Crippen LogP contribution >= 0.6 is 0 Å². The van der Waals surface area contributed by atoms with Gasteiger partial charge in [-0.1, -0.05) is 6.07 Å². The Balaban J connectivity index is 1.66. The summed E-state index contributed by atoms with van der Waals surface area (Å²) in [5, 5.41) is 10.3. The molecule has 5 heteroatoms. The zero-order chi connectivity index (χ0) is 14.9. The van der Waals surface area contributed by atoms with Gasteiger partial charge < -0.3 is 19.3 Å². The molecule has 5 nitrogen and oxygen atoms in total. The topological polar surface area (TPSA) is 51.2 Å². The van der Waals surface area contributed by atoms with Gasteiger partial charge in [-0.15, -0.1) is 0 Å². The summed E-state index contributed by atoms with van der Waals surface area (Å²) in [6.07, 6.45) is 2.31. The molecule has 2 saturated heterocycles. The maximum absolute atomic E-state index is 10.3. The third-order valence-corrected chi connectivity index (χ3v) is 4.67. The van der Waals surface area contributed by atoms with Crippen molar-refractivity contribution in [3.05, 3.63) is 17.7 Å². The van der Waals surface area contributed by atoms with Crippen molar-refractivity contribution in [3.8, 4) is 17.2 Å². The molecule has 1 aromatic carbocycles. The molecule has 2 fully saturated rings. The fourth-order valence-electron chi connectivity index (χ4n) is 3.45. The Morgan fingerprint density at radius 2 is 1.90 bits per heavy atom. The van der Waals surface area contributed by atoms with Crippen LogP contribution in [0.4, 0.5) is 0 Å². The fourth-order valence-corrected chi connectivity index (χ4v) is 3.45. The third-order valence-electron chi connectivity index (χ3n) is 4.67. The highest BCUT2D eigenvalue weighted by molar-refractivity contribution is 5.54. The van der Waals surface area contributed by atoms with Gasteiger partial charge in [0.2, 0.25) is 5.75 Å². The quantitative estimate of drug-likeness (QED) is 0.920. The smallest absolute Gasteiger partial charge is 0.203 e. The van der Waals surface area contributed by atoms with E-state index in [1.807, 2.05) is 12.1 Å². The van der Waals surface area contributed by atoms with Crippen molar-refractivity contribution >= 4 is 0 Å². The number of nitrogens with zero attached hydrogens (tertiary/aromatic N) is 1. The number of hydrogen-bond donors (Lipinski definition) is 1. The Kier molecular flexibility index (Phi) is 3.95. The van der Waals surface area contributed by atoms with Crippen LogP contribution in [0.2, 0.25) is 0 Å². The molecule has 3 rings (SSSR count). The van der Waals surface area contributed by atoms with Crippen LogP contribution in [0.25, 0.3) is 0 Å². The fraction of sp³-hybridized carbons (Fsp3) is 0.625. The van der Waals surface area contributed by atoms with Crippen LogP contribution in [0, 0.1) is 5.41 Å². The average molecular weight is 293 g/mol. The Bertz CT molecular complexity index is 503. The van der Waals surface area contributed by atoms with E-state index in [9.17, 15) is 5.11 Å². The number of ether oxygens (including phenoxy) is 3. The van der Waals surface area contributed by atoms with Crippen molar-refractivity contribution in [2.24, 2.45) is 5.41 Å². The lowest BCUT2D eigenvalue weighted by molar-refractivity contribution is -0.0840. The second-order valence-corrected chi connectivity index (χ2v) is 6.07. The minimum Gasteiger partial charge on any atom is -0.504 e. The summed E-state index contributed by atoms with van der Waals surface area (Å²) in [6.45, 7) is 4.69. The lowest BCUT2D eigenvalue weighted by Crippen LogP contribution is -2.57. The van der Waals surface area contributed by atoms with E-state index >= 15 is 0 Å². The monoisotopic (exact) mass is 293 g/mol. The molecule has 1 spiro atoms. The number of likely N-dealkylation sites (tertiary alicyclic amines) is 1. The first kappa shape index (κ1) is 14.5. The van der Waals surface area contributed by atoms with Crippen LogP contribution in [-0.4, -0.2) is 50.5 Å². The minimum absolute atomic E-state index is 0.185. The van der Waals surface area contributed by atoms with Gasteiger partial charge >= 0.3 is 0 Å². The predicted octanol–water partition coefficient (Wildman–Crippen LogP) is 2.02. The highest BCUT2D eigenvalue weighted by Crippen LogP contribution is 2.43. The molecular formula is C16H23NO4. The molecule has 2 aliphatic rings. The van der Waals surface area contributed by atoms with Gasteiger partial charge in [0, 0.05) is 43.8 Å². The summed E-state index contributed by atoms with van der Waals surface area (Å²) in [5.74, 6) is 1.16. The Morgan fingerprint density at radius 1 is 1.19 bits per heavy atom. The molecular weight excluding hydrogens is 270 g/mol. The van der Waals surface area contributed by atoms with Gasteiger partial charge in [0.15, 0.2) is 11.5 Å². The first-order valence-electron chi connectivity index (χ1n) is 7.40. The van der Waals surface area contributed by atoms with Crippen molar-refractivity contribution in [3.63, 3.8) is 0 Å². The number of benzene rings is 1. The van der Waals surface area contributed by atoms with Crippen LogP contribution < -0.4 is 9.47 Å². The number of phenolic OH excluding ortho intramolecular Hbond substituents is 1. The van der Waals surface area contributed by atoms with E-state index in [1.165, 1.54) is 0 Å². The number of rotatable bonds is 4. The SMILES string of the molecule is COc1ccc(CN2CC3(CCOCC3)C2)c(O)c1OC. The molecule has 1 aromatic rings. The van der Waals surface area contributed by atoms with Crippen LogP contribution in [0.1, 0.15) is 18.4 Å². The summed E-state index contributed by atoms with van der Waals surface area (Å²) in [4.78, 5) is 2.37. The highest BCUT2D eigenvalue weighted by Gasteiger charge is 2.43. The molecule has 0 atom stereocenters. The molecule has 21 heavy (non-hydrogen) atoms. The van der Waals surface area contributed by atoms with Crippen molar-refractivity contribution in [2.75, 3.05) is 40.5 Å². The first-order chi connectivity index (χ1) is 10.2. The number of methoxy groups -OCH3 is 2. The third kappa shape index (κ3) is 2.68. The largest absolute Gasteiger partial charge is 0.504 e. The van der Waals surface area contributed by atoms with E-state index in [2.05, 4.69) is 4.90 Å². The zero-order valence-corrected chi connectivity index (χ0v) is 12.7. The van der Waals surface area contributed by atoms with Gasteiger partial charge in [0.25, 0.3) is 0 Å². The summed E-state index contributed by atoms with van der Waals surface area (Å²) in [6, 6.07) is 3.75. The van der Waals surface area contributed by atoms with E-state index in [4.69, 9.17) is 14.2 Å². The second kappa shape index (κ2) is 5.73. The van der Waals surface area contributed by atoms with Crippen molar-refractivity contribution in [1.82, 2.24) is 4.90 Å². The van der Waals surface area contributed by atoms with E-state index in [-0.39, 0.29) is 5.75 Å². The number of phenols is 1. The average Bonchev–Trinajstić information content (AvgIpc) is 2.48. The van der Waals surface area contributed by atoms with Gasteiger partial charge in [-0.25, -0.2) is 0 Å². The molecule has 116 valence electrons. The lowest BCUT2D eigenvalue weighted by atomic mass is 9.73. The maximum atomic E-state index is 10.3. The Labute approximate surface area is 125 Å². The molecule has 0 bridgehead atoms. The van der Waals surface area contributed by atoms with Gasteiger partial charge in [0.1, 0.15) is 0 Å². The normalized spacial score (nSPS) is 21.0. The maximum Gasteiger partial charge on any atom is 0.203 e. The standard InChI is InChI=1S/C16H23NO4/c1-19-13-4-3-12(14(18)15(13)20-2)9-17-10-16(11-17)5-7-21-8-6-16/h3-4,18H,5-11H2,1-2H3. The van der Waals surface area contributed by atoms with Crippen LogP contribution in [-0.2, 0) is 11.3 Å². The van der Waals surface area contributed by atoms with Crippen molar-refractivity contribution < 1.29 is 19.3 Å². The number of aromatic hydroxyl groups is 1. The van der Waals surface area contributed by atoms with E-state index < -0.39 is 0 Å². The van der Waals surface area contributed by atoms with Gasteiger partial charge in [0.05, 0.1) is 14.2 Å². The molecule has 0 radical (unpaired) electrons. The van der Waals surface area contributed by atoms with Crippen molar-refractivity contribution in [2.45, 2.75) is 19.4 Å². The summed E-state index contributed by atoms with van der Waals surface area (Å²) in [7, 11) is 3.11. The second-order valence-electron chi connectivity index (χ2n) is 6.07. The molecule has 2 aliphatic heterocycles. The lowest BCUT2D eigenvalue weighted by Gasteiger charge is -2.52.